The number of ether oxygens (including phenoxy) is 10. The van der Waals surface area contributed by atoms with Crippen molar-refractivity contribution in [3.63, 3.8) is 0 Å². The third kappa shape index (κ3) is 38.3. The van der Waals surface area contributed by atoms with Crippen molar-refractivity contribution >= 4 is 45.0 Å². The van der Waals surface area contributed by atoms with E-state index in [1.54, 1.807) is 13.8 Å². The summed E-state index contributed by atoms with van der Waals surface area (Å²) in [5.41, 5.74) is -1.56. The van der Waals surface area contributed by atoms with E-state index in [1.807, 2.05) is 13.8 Å². The predicted octanol–water partition coefficient (Wildman–Crippen LogP) is 3.14. The predicted molar refractivity (Wildman–Crippen MR) is 372 cm³/mol. The van der Waals surface area contributed by atoms with Crippen LogP contribution < -0.4 is 5.32 Å². The Morgan fingerprint density at radius 3 is 1.18 bits per heavy atom. The highest BCUT2D eigenvalue weighted by atomic mass is 31.2. The quantitative estimate of drug-likeness (QED) is 0.0307. The van der Waals surface area contributed by atoms with Gasteiger partial charge in [0.05, 0.1) is 116 Å². The number of phosphoric acid groups is 5. The number of hydrogen-bond acceptors (Lipinski definition) is 34. The van der Waals surface area contributed by atoms with Crippen molar-refractivity contribution < 1.29 is 186 Å². The maximum atomic E-state index is 13.7. The molecule has 0 radical (unpaired) electrons. The summed E-state index contributed by atoms with van der Waals surface area (Å²) < 4.78 is 174. The largest absolute Gasteiger partial charge is 0.472 e. The number of carbonyl (C=O) groups excluding carboxylic acids is 1. The fourth-order valence-corrected chi connectivity index (χ4v) is 15.4. The molecule has 4 aliphatic rings. The van der Waals surface area contributed by atoms with E-state index >= 15 is 0 Å². The molecule has 107 heavy (non-hydrogen) atoms. The zero-order chi connectivity index (χ0) is 79.3. The van der Waals surface area contributed by atoms with Crippen LogP contribution in [0.4, 0.5) is 0 Å². The van der Waals surface area contributed by atoms with E-state index in [2.05, 4.69) is 9.84 Å². The van der Waals surface area contributed by atoms with Crippen molar-refractivity contribution in [2.24, 2.45) is 23.2 Å². The van der Waals surface area contributed by atoms with E-state index < -0.39 is 188 Å². The molecule has 0 spiro atoms. The van der Waals surface area contributed by atoms with Gasteiger partial charge in [0.1, 0.15) is 54.9 Å². The number of carbonyl (C=O) groups is 1. The number of phosphoric ester groups is 5. The van der Waals surface area contributed by atoms with Gasteiger partial charge in [0, 0.05) is 71.9 Å². The molecule has 0 bridgehead atoms. The van der Waals surface area contributed by atoms with Crippen LogP contribution in [0.15, 0.2) is 0 Å². The van der Waals surface area contributed by atoms with Crippen molar-refractivity contribution in [2.45, 2.75) is 229 Å². The fourth-order valence-electron chi connectivity index (χ4n) is 11.5. The highest BCUT2D eigenvalue weighted by Crippen LogP contribution is 2.50. The minimum atomic E-state index is -5.10. The number of rotatable bonds is 61. The second-order valence-corrected chi connectivity index (χ2v) is 34.3. The van der Waals surface area contributed by atoms with Gasteiger partial charge in [0.25, 0.3) is 0 Å². The number of hydrogen-bond donors (Lipinski definition) is 14. The molecule has 40 nitrogen and oxygen atoms in total. The third-order valence-electron chi connectivity index (χ3n) is 17.9. The Morgan fingerprint density at radius 1 is 0.402 bits per heavy atom. The Bertz CT molecular complexity index is 2580. The van der Waals surface area contributed by atoms with Crippen LogP contribution in [0.3, 0.4) is 0 Å². The summed E-state index contributed by atoms with van der Waals surface area (Å²) in [6.07, 6.45) is -8.02. The molecule has 0 aromatic heterocycles. The summed E-state index contributed by atoms with van der Waals surface area (Å²) >= 11 is 0. The molecular weight excluding hydrogens is 1540 g/mol. The lowest BCUT2D eigenvalue weighted by atomic mass is 9.85. The molecule has 4 fully saturated rings. The van der Waals surface area contributed by atoms with Gasteiger partial charge in [-0.25, -0.2) is 22.8 Å². The van der Waals surface area contributed by atoms with E-state index in [0.29, 0.717) is 83.7 Å². The number of unbranched alkanes of at least 4 members (excludes halogenated alkanes) is 9. The number of nitrogens with one attached hydrogen (secondary N) is 1. The first-order valence-electron chi connectivity index (χ1n) is 36.4. The average Bonchev–Trinajstić information content (AvgIpc) is 1.36. The standard InChI is InChI=1S/C62H122NO39P5/c1-43-34-48(102-103(73,74)83-6)52(98-43)38-96-107(81,82)97-42-62(39-84-22-19-31-93-104(75,76)90-28-16-10-7-13-25-87-59-45(3)44(2)54(68)49(35-64)99-59,40-85-23-20-32-94-105(77,78)91-29-17-11-8-14-26-88-60-46(4)55(69)56(70)50(36-65)100-60)41-86-24-21-33-95-106(79,80)92-30-18-12-9-15-27-89-61-53(63-47(5)67)58(72)57(71)51(37-66)101-61/h43-46,48-61,64-66,68-72H,7-42H2,1-6H3,(H,63,67)(H,73,74)(H,75,76)(H,77,78)(H,79,80)(H,81,82)/t43-,44+,45?,46?,48?,49?,50?,51?,52+,53?,54+,55+,56-,57-,58+,59+,60+,61+,62?/m0/s1. The number of aliphatic hydroxyl groups is 8. The van der Waals surface area contributed by atoms with Gasteiger partial charge in [0.2, 0.25) is 5.91 Å². The van der Waals surface area contributed by atoms with Crippen LogP contribution >= 0.6 is 39.1 Å². The van der Waals surface area contributed by atoms with Gasteiger partial charge in [-0.05, 0) is 70.6 Å². The van der Waals surface area contributed by atoms with Crippen molar-refractivity contribution in [3.8, 4) is 0 Å². The van der Waals surface area contributed by atoms with Crippen molar-refractivity contribution in [1.82, 2.24) is 5.32 Å². The smallest absolute Gasteiger partial charge is 0.394 e. The normalized spacial score (nSPS) is 31.3. The van der Waals surface area contributed by atoms with Gasteiger partial charge in [-0.15, -0.1) is 0 Å². The minimum absolute atomic E-state index is 0.000281. The molecule has 1 amide bonds. The van der Waals surface area contributed by atoms with E-state index in [9.17, 15) is 92.9 Å². The molecule has 0 aromatic rings. The van der Waals surface area contributed by atoms with Crippen molar-refractivity contribution in [1.29, 1.82) is 0 Å². The lowest BCUT2D eigenvalue weighted by Crippen LogP contribution is -2.64. The van der Waals surface area contributed by atoms with Crippen LogP contribution in [0.5, 0.6) is 0 Å². The molecule has 24 atom stereocenters. The maximum Gasteiger partial charge on any atom is 0.472 e. The Hall–Kier alpha value is -0.700. The Labute approximate surface area is 625 Å². The first-order chi connectivity index (χ1) is 50.6. The molecule has 4 rings (SSSR count). The molecule has 14 N–H and O–H groups in total. The highest BCUT2D eigenvalue weighted by molar-refractivity contribution is 7.48. The summed E-state index contributed by atoms with van der Waals surface area (Å²) in [5, 5.41) is 82.6. The van der Waals surface area contributed by atoms with Crippen LogP contribution in [0.2, 0.25) is 0 Å². The molecule has 13 unspecified atom stereocenters. The second-order valence-electron chi connectivity index (χ2n) is 27.0. The second kappa shape index (κ2) is 51.4. The average molecular weight is 1660 g/mol. The monoisotopic (exact) mass is 1660 g/mol. The SMILES string of the molecule is COP(=O)(O)OC1C[C@H](C)O[C@@H]1COP(=O)(O)OCC(COCCCOP(=O)(O)OCCCCCCO[C@@H]1OC(CO)[C@H](O)[C@H](C)C1C)(COCCCOP(=O)(O)OCCCCCCO[C@@H]1OC(CO)[C@H](O)[C@H](O)C1C)COCCCOP(=O)(O)OCCCCCCO[C@@H]1OC(CO)[C@H](O)[C@H](O)C1NC(C)=O. The molecule has 634 valence electrons. The van der Waals surface area contributed by atoms with Crippen LogP contribution in [0.1, 0.15) is 137 Å². The van der Waals surface area contributed by atoms with Gasteiger partial charge in [0.15, 0.2) is 18.9 Å². The maximum absolute atomic E-state index is 13.7. The van der Waals surface area contributed by atoms with E-state index in [0.717, 1.165) is 7.11 Å². The van der Waals surface area contributed by atoms with E-state index in [4.69, 9.17) is 88.1 Å². The zero-order valence-electron chi connectivity index (χ0n) is 62.0. The molecule has 0 aromatic carbocycles. The lowest BCUT2D eigenvalue weighted by molar-refractivity contribution is -0.282. The molecule has 0 saturated carbocycles. The Kier molecular flexibility index (Phi) is 47.4. The summed E-state index contributed by atoms with van der Waals surface area (Å²) in [6.45, 7) is 2.96. The van der Waals surface area contributed by atoms with Crippen LogP contribution in [-0.4, -0.2) is 303 Å². The molecule has 4 saturated heterocycles. The molecule has 0 aliphatic carbocycles. The highest BCUT2D eigenvalue weighted by Gasteiger charge is 2.47. The van der Waals surface area contributed by atoms with Crippen molar-refractivity contribution in [3.05, 3.63) is 0 Å². The molecule has 4 heterocycles. The molecular formula is C62H122NO39P5. The Balaban J connectivity index is 1.33. The van der Waals surface area contributed by atoms with Gasteiger partial charge >= 0.3 is 39.1 Å². The summed E-state index contributed by atoms with van der Waals surface area (Å²) in [5.74, 6) is -1.31. The number of aliphatic hydroxyl groups excluding tert-OH is 8. The topological polar surface area (TPSA) is 562 Å². The fraction of sp³-hybridized carbons (Fsp3) is 0.984. The minimum Gasteiger partial charge on any atom is -0.394 e. The van der Waals surface area contributed by atoms with Crippen LogP contribution in [-0.2, 0) is 120 Å². The molecule has 45 heteroatoms. The Morgan fingerprint density at radius 2 is 0.766 bits per heavy atom. The first-order valence-corrected chi connectivity index (χ1v) is 43.8. The lowest BCUT2D eigenvalue weighted by Gasteiger charge is -2.42. The van der Waals surface area contributed by atoms with Gasteiger partial charge < -0.3 is 118 Å². The van der Waals surface area contributed by atoms with E-state index in [-0.39, 0.29) is 123 Å². The third-order valence-corrected chi connectivity index (χ3v) is 22.9. The summed E-state index contributed by atoms with van der Waals surface area (Å²) in [6, 6.07) is -1.10. The summed E-state index contributed by atoms with van der Waals surface area (Å²) in [4.78, 5) is 64.2. The van der Waals surface area contributed by atoms with Crippen LogP contribution in [0, 0.1) is 23.2 Å². The van der Waals surface area contributed by atoms with Gasteiger partial charge in [-0.1, -0.05) is 59.3 Å². The van der Waals surface area contributed by atoms with Gasteiger partial charge in [-0.3, -0.25) is 50.0 Å². The first kappa shape index (κ1) is 98.7. The molecule has 4 aliphatic heterocycles. The van der Waals surface area contributed by atoms with Gasteiger partial charge in [-0.2, -0.15) is 0 Å². The van der Waals surface area contributed by atoms with Crippen LogP contribution in [0.25, 0.3) is 0 Å². The van der Waals surface area contributed by atoms with E-state index in [1.165, 1.54) is 6.92 Å². The van der Waals surface area contributed by atoms with Crippen molar-refractivity contribution in [2.75, 3.05) is 139 Å². The number of amides is 1. The zero-order valence-corrected chi connectivity index (χ0v) is 66.5. The summed E-state index contributed by atoms with van der Waals surface area (Å²) in [7, 11) is -22.4.